The monoisotopic (exact) mass is 304 g/mol. The Morgan fingerprint density at radius 2 is 1.90 bits per heavy atom. The molecule has 0 aliphatic carbocycles. The van der Waals surface area contributed by atoms with E-state index in [0.717, 1.165) is 5.56 Å². The molecule has 0 aliphatic heterocycles. The van der Waals surface area contributed by atoms with Crippen LogP contribution in [0.15, 0.2) is 48.5 Å². The number of carbonyl (C=O) groups is 1. The van der Waals surface area contributed by atoms with Gasteiger partial charge in [0.1, 0.15) is 5.38 Å². The molecule has 0 radical (unpaired) electrons. The highest BCUT2D eigenvalue weighted by Crippen LogP contribution is 2.26. The van der Waals surface area contributed by atoms with E-state index in [-0.39, 0.29) is 5.69 Å². The van der Waals surface area contributed by atoms with Gasteiger partial charge in [0.05, 0.1) is 10.6 Å². The molecule has 6 heteroatoms. The second-order valence-corrected chi connectivity index (χ2v) is 4.96. The Hall–Kier alpha value is -2.40. The molecule has 0 saturated heterocycles. The minimum absolute atomic E-state index is 0.0817. The number of nitro groups is 1. The van der Waals surface area contributed by atoms with E-state index >= 15 is 0 Å². The molecule has 2 aromatic carbocycles. The summed E-state index contributed by atoms with van der Waals surface area (Å²) in [6.07, 6.45) is 0. The molecule has 0 fully saturated rings. The number of nitrogens with one attached hydrogen (secondary N) is 1. The van der Waals surface area contributed by atoms with Crippen molar-refractivity contribution in [3.63, 3.8) is 0 Å². The zero-order chi connectivity index (χ0) is 15.4. The molecule has 0 saturated carbocycles. The van der Waals surface area contributed by atoms with E-state index in [1.807, 2.05) is 6.07 Å². The summed E-state index contributed by atoms with van der Waals surface area (Å²) in [5.74, 6) is -0.425. The summed E-state index contributed by atoms with van der Waals surface area (Å²) in [5.41, 5.74) is 1.70. The number of amides is 1. The number of rotatable bonds is 4. The third-order valence-electron chi connectivity index (χ3n) is 3.01. The molecule has 2 rings (SSSR count). The first kappa shape index (κ1) is 15.0. The molecule has 1 N–H and O–H groups in total. The minimum atomic E-state index is -0.857. The smallest absolute Gasteiger partial charge is 0.271 e. The lowest BCUT2D eigenvalue weighted by Gasteiger charge is -2.12. The van der Waals surface area contributed by atoms with Crippen LogP contribution in [0.2, 0.25) is 0 Å². The number of hydrogen-bond acceptors (Lipinski definition) is 3. The number of aryl methyl sites for hydroxylation is 1. The van der Waals surface area contributed by atoms with Crippen molar-refractivity contribution in [2.75, 3.05) is 5.32 Å². The predicted octanol–water partition coefficient (Wildman–Crippen LogP) is 3.82. The lowest BCUT2D eigenvalue weighted by atomic mass is 10.1. The van der Waals surface area contributed by atoms with Crippen molar-refractivity contribution in [3.8, 4) is 0 Å². The Balaban J connectivity index is 2.20. The van der Waals surface area contributed by atoms with E-state index in [0.29, 0.717) is 11.3 Å². The molecule has 1 amide bonds. The lowest BCUT2D eigenvalue weighted by molar-refractivity contribution is -0.384. The minimum Gasteiger partial charge on any atom is -0.324 e. The van der Waals surface area contributed by atoms with Crippen LogP contribution in [0.5, 0.6) is 0 Å². The first-order valence-corrected chi connectivity index (χ1v) is 6.67. The second-order valence-electron chi connectivity index (χ2n) is 4.52. The van der Waals surface area contributed by atoms with Gasteiger partial charge >= 0.3 is 0 Å². The first-order valence-electron chi connectivity index (χ1n) is 6.24. The van der Waals surface area contributed by atoms with Gasteiger partial charge in [-0.05, 0) is 18.1 Å². The van der Waals surface area contributed by atoms with Crippen molar-refractivity contribution < 1.29 is 9.72 Å². The number of nitro benzene ring substituents is 1. The molecule has 0 heterocycles. The molecule has 5 nitrogen and oxygen atoms in total. The third-order valence-corrected chi connectivity index (χ3v) is 3.46. The molecule has 0 aliphatic rings. The van der Waals surface area contributed by atoms with Gasteiger partial charge in [-0.25, -0.2) is 0 Å². The van der Waals surface area contributed by atoms with Gasteiger partial charge in [0.2, 0.25) is 5.91 Å². The maximum Gasteiger partial charge on any atom is 0.271 e. The SMILES string of the molecule is Cc1ccc([N+](=O)[O-])cc1NC(=O)C(Cl)c1ccccc1. The van der Waals surface area contributed by atoms with Crippen molar-refractivity contribution in [1.29, 1.82) is 0 Å². The average molecular weight is 305 g/mol. The van der Waals surface area contributed by atoms with E-state index < -0.39 is 16.2 Å². The summed E-state index contributed by atoms with van der Waals surface area (Å²) < 4.78 is 0. The molecule has 1 unspecified atom stereocenters. The van der Waals surface area contributed by atoms with Crippen LogP contribution in [0.25, 0.3) is 0 Å². The molecule has 21 heavy (non-hydrogen) atoms. The number of hydrogen-bond donors (Lipinski definition) is 1. The molecule has 1 atom stereocenters. The van der Waals surface area contributed by atoms with Gasteiger partial charge in [0.15, 0.2) is 0 Å². The van der Waals surface area contributed by atoms with Gasteiger partial charge in [-0.2, -0.15) is 0 Å². The zero-order valence-corrected chi connectivity index (χ0v) is 12.0. The van der Waals surface area contributed by atoms with Crippen LogP contribution in [-0.2, 0) is 4.79 Å². The van der Waals surface area contributed by atoms with E-state index in [9.17, 15) is 14.9 Å². The highest BCUT2D eigenvalue weighted by atomic mass is 35.5. The fourth-order valence-corrected chi connectivity index (χ4v) is 2.03. The lowest BCUT2D eigenvalue weighted by Crippen LogP contribution is -2.18. The number of nitrogens with zero attached hydrogens (tertiary/aromatic N) is 1. The van der Waals surface area contributed by atoms with Gasteiger partial charge in [-0.15, -0.1) is 11.6 Å². The second kappa shape index (κ2) is 6.37. The molecular formula is C15H13ClN2O3. The zero-order valence-electron chi connectivity index (χ0n) is 11.2. The summed E-state index contributed by atoms with van der Waals surface area (Å²) >= 11 is 6.12. The molecule has 0 aromatic heterocycles. The Bertz CT molecular complexity index is 674. The summed E-state index contributed by atoms with van der Waals surface area (Å²) in [7, 11) is 0. The van der Waals surface area contributed by atoms with Gasteiger partial charge < -0.3 is 5.32 Å². The number of anilines is 1. The quantitative estimate of drug-likeness (QED) is 0.530. The number of benzene rings is 2. The first-order chi connectivity index (χ1) is 9.99. The number of non-ortho nitro benzene ring substituents is 1. The number of carbonyl (C=O) groups excluding carboxylic acids is 1. The van der Waals surface area contributed by atoms with Crippen molar-refractivity contribution in [2.24, 2.45) is 0 Å². The van der Waals surface area contributed by atoms with Gasteiger partial charge in [-0.3, -0.25) is 14.9 Å². The molecule has 108 valence electrons. The third kappa shape index (κ3) is 3.58. The molecule has 2 aromatic rings. The largest absolute Gasteiger partial charge is 0.324 e. The van der Waals surface area contributed by atoms with Crippen LogP contribution in [0, 0.1) is 17.0 Å². The van der Waals surface area contributed by atoms with Crippen LogP contribution in [0.4, 0.5) is 11.4 Å². The Labute approximate surface area is 126 Å². The topological polar surface area (TPSA) is 72.2 Å². The number of halogens is 1. The normalized spacial score (nSPS) is 11.7. The van der Waals surface area contributed by atoms with Gasteiger partial charge in [-0.1, -0.05) is 36.4 Å². The van der Waals surface area contributed by atoms with E-state index in [1.165, 1.54) is 12.1 Å². The summed E-state index contributed by atoms with van der Waals surface area (Å²) in [5, 5.41) is 12.5. The van der Waals surface area contributed by atoms with Gasteiger partial charge in [0.25, 0.3) is 5.69 Å². The summed E-state index contributed by atoms with van der Waals surface area (Å²) in [6, 6.07) is 13.2. The van der Waals surface area contributed by atoms with Crippen molar-refractivity contribution in [2.45, 2.75) is 12.3 Å². The average Bonchev–Trinajstić information content (AvgIpc) is 2.49. The van der Waals surface area contributed by atoms with Crippen molar-refractivity contribution in [3.05, 3.63) is 69.8 Å². The van der Waals surface area contributed by atoms with E-state index in [2.05, 4.69) is 5.32 Å². The van der Waals surface area contributed by atoms with Crippen LogP contribution in [-0.4, -0.2) is 10.8 Å². The van der Waals surface area contributed by atoms with Crippen molar-refractivity contribution >= 4 is 28.9 Å². The summed E-state index contributed by atoms with van der Waals surface area (Å²) in [4.78, 5) is 22.4. The van der Waals surface area contributed by atoms with Crippen LogP contribution in [0.1, 0.15) is 16.5 Å². The molecular weight excluding hydrogens is 292 g/mol. The fourth-order valence-electron chi connectivity index (χ4n) is 1.83. The Kier molecular flexibility index (Phi) is 4.55. The standard InChI is InChI=1S/C15H13ClN2O3/c1-10-7-8-12(18(20)21)9-13(10)17-15(19)14(16)11-5-3-2-4-6-11/h2-9,14H,1H3,(H,17,19). The fraction of sp³-hybridized carbons (Fsp3) is 0.133. The highest BCUT2D eigenvalue weighted by molar-refractivity contribution is 6.32. The van der Waals surface area contributed by atoms with Crippen LogP contribution in [0.3, 0.4) is 0 Å². The predicted molar refractivity (Wildman–Crippen MR) is 81.5 cm³/mol. The highest BCUT2D eigenvalue weighted by Gasteiger charge is 2.19. The number of alkyl halides is 1. The van der Waals surface area contributed by atoms with E-state index in [1.54, 1.807) is 37.3 Å². The molecule has 0 spiro atoms. The van der Waals surface area contributed by atoms with Crippen molar-refractivity contribution in [1.82, 2.24) is 0 Å². The maximum atomic E-state index is 12.1. The Morgan fingerprint density at radius 1 is 1.24 bits per heavy atom. The maximum absolute atomic E-state index is 12.1. The van der Waals surface area contributed by atoms with Crippen LogP contribution < -0.4 is 5.32 Å². The van der Waals surface area contributed by atoms with Gasteiger partial charge in [0, 0.05) is 12.1 Å². The van der Waals surface area contributed by atoms with Crippen LogP contribution >= 0.6 is 11.6 Å². The molecule has 0 bridgehead atoms. The Morgan fingerprint density at radius 3 is 2.52 bits per heavy atom. The summed E-state index contributed by atoms with van der Waals surface area (Å²) in [6.45, 7) is 1.76. The van der Waals surface area contributed by atoms with E-state index in [4.69, 9.17) is 11.6 Å².